The van der Waals surface area contributed by atoms with E-state index in [2.05, 4.69) is 0 Å². The van der Waals surface area contributed by atoms with Crippen molar-refractivity contribution in [2.24, 2.45) is 5.73 Å². The molecule has 84 valence electrons. The summed E-state index contributed by atoms with van der Waals surface area (Å²) >= 11 is 0. The van der Waals surface area contributed by atoms with Gasteiger partial charge in [-0.2, -0.15) is 0 Å². The standard InChI is InChI=1S/C7H15NO.C6H6/c1-9-7-5-3-2-4-6(7)8;1-2-4-6-5-3-1/h6-7H,2-5,8H2,1H3;1-6H. The zero-order chi connectivity index (χ0) is 10.9. The van der Waals surface area contributed by atoms with E-state index >= 15 is 0 Å². The van der Waals surface area contributed by atoms with E-state index in [0.29, 0.717) is 12.1 Å². The summed E-state index contributed by atoms with van der Waals surface area (Å²) in [6, 6.07) is 12.3. The maximum absolute atomic E-state index is 5.76. The second kappa shape index (κ2) is 7.43. The smallest absolute Gasteiger partial charge is 0.0722 e. The molecule has 1 fully saturated rings. The van der Waals surface area contributed by atoms with Gasteiger partial charge in [0.2, 0.25) is 0 Å². The quantitative estimate of drug-likeness (QED) is 0.768. The molecule has 1 aliphatic rings. The van der Waals surface area contributed by atoms with Gasteiger partial charge in [0.1, 0.15) is 0 Å². The van der Waals surface area contributed by atoms with Crippen molar-refractivity contribution in [2.75, 3.05) is 7.11 Å². The Balaban J connectivity index is 0.000000162. The van der Waals surface area contributed by atoms with Crippen molar-refractivity contribution in [3.05, 3.63) is 36.4 Å². The Morgan fingerprint density at radius 2 is 1.40 bits per heavy atom. The van der Waals surface area contributed by atoms with Gasteiger partial charge in [-0.15, -0.1) is 0 Å². The van der Waals surface area contributed by atoms with Crippen LogP contribution < -0.4 is 5.73 Å². The van der Waals surface area contributed by atoms with E-state index in [0.717, 1.165) is 12.8 Å². The SMILES string of the molecule is COC1CCCCC1N.c1ccccc1. The maximum atomic E-state index is 5.76. The van der Waals surface area contributed by atoms with Gasteiger partial charge in [0.05, 0.1) is 6.10 Å². The Labute approximate surface area is 92.4 Å². The first-order chi connectivity index (χ1) is 7.34. The maximum Gasteiger partial charge on any atom is 0.0722 e. The Hall–Kier alpha value is -0.860. The highest BCUT2D eigenvalue weighted by atomic mass is 16.5. The molecule has 0 radical (unpaired) electrons. The van der Waals surface area contributed by atoms with Gasteiger partial charge in [0.15, 0.2) is 0 Å². The molecule has 0 amide bonds. The first-order valence-electron chi connectivity index (χ1n) is 5.63. The molecule has 0 saturated heterocycles. The van der Waals surface area contributed by atoms with E-state index in [4.69, 9.17) is 10.5 Å². The molecule has 2 atom stereocenters. The fourth-order valence-corrected chi connectivity index (χ4v) is 1.80. The number of nitrogens with two attached hydrogens (primary N) is 1. The molecule has 1 aromatic carbocycles. The van der Waals surface area contributed by atoms with Crippen LogP contribution in [0.3, 0.4) is 0 Å². The lowest BCUT2D eigenvalue weighted by Crippen LogP contribution is -2.38. The molecule has 0 heterocycles. The first kappa shape index (κ1) is 12.2. The van der Waals surface area contributed by atoms with Gasteiger partial charge in [-0.1, -0.05) is 49.2 Å². The van der Waals surface area contributed by atoms with Gasteiger partial charge in [0, 0.05) is 13.2 Å². The van der Waals surface area contributed by atoms with Gasteiger partial charge in [-0.25, -0.2) is 0 Å². The molecule has 1 aromatic rings. The van der Waals surface area contributed by atoms with Crippen LogP contribution in [0.15, 0.2) is 36.4 Å². The van der Waals surface area contributed by atoms with Gasteiger partial charge < -0.3 is 10.5 Å². The molecule has 0 bridgehead atoms. The highest BCUT2D eigenvalue weighted by molar-refractivity contribution is 4.99. The summed E-state index contributed by atoms with van der Waals surface area (Å²) in [5.74, 6) is 0. The summed E-state index contributed by atoms with van der Waals surface area (Å²) in [5, 5.41) is 0. The number of rotatable bonds is 1. The van der Waals surface area contributed by atoms with E-state index in [-0.39, 0.29) is 0 Å². The van der Waals surface area contributed by atoms with E-state index in [1.807, 2.05) is 36.4 Å². The van der Waals surface area contributed by atoms with Crippen LogP contribution >= 0.6 is 0 Å². The second-order valence-electron chi connectivity index (χ2n) is 3.88. The monoisotopic (exact) mass is 207 g/mol. The molecule has 1 aliphatic carbocycles. The molecule has 2 nitrogen and oxygen atoms in total. The van der Waals surface area contributed by atoms with E-state index in [9.17, 15) is 0 Å². The summed E-state index contributed by atoms with van der Waals surface area (Å²) in [7, 11) is 1.75. The fourth-order valence-electron chi connectivity index (χ4n) is 1.80. The zero-order valence-electron chi connectivity index (χ0n) is 9.43. The van der Waals surface area contributed by atoms with Crippen LogP contribution in [0.5, 0.6) is 0 Å². The lowest BCUT2D eigenvalue weighted by Gasteiger charge is -2.26. The van der Waals surface area contributed by atoms with Crippen LogP contribution in [0.1, 0.15) is 25.7 Å². The molecule has 1 saturated carbocycles. The highest BCUT2D eigenvalue weighted by Crippen LogP contribution is 2.18. The average Bonchev–Trinajstić information content (AvgIpc) is 2.33. The van der Waals surface area contributed by atoms with Crippen LogP contribution in [-0.4, -0.2) is 19.3 Å². The highest BCUT2D eigenvalue weighted by Gasteiger charge is 2.20. The normalized spacial score (nSPS) is 25.2. The average molecular weight is 207 g/mol. The zero-order valence-corrected chi connectivity index (χ0v) is 9.43. The molecule has 15 heavy (non-hydrogen) atoms. The molecular formula is C13H21NO. The Morgan fingerprint density at radius 3 is 1.73 bits per heavy atom. The third-order valence-electron chi connectivity index (χ3n) is 2.72. The number of ether oxygens (including phenoxy) is 1. The van der Waals surface area contributed by atoms with Crippen molar-refractivity contribution in [3.8, 4) is 0 Å². The molecule has 0 aliphatic heterocycles. The van der Waals surface area contributed by atoms with Gasteiger partial charge in [-0.3, -0.25) is 0 Å². The van der Waals surface area contributed by atoms with Crippen molar-refractivity contribution >= 4 is 0 Å². The van der Waals surface area contributed by atoms with Crippen molar-refractivity contribution in [2.45, 2.75) is 37.8 Å². The summed E-state index contributed by atoms with van der Waals surface area (Å²) < 4.78 is 5.18. The topological polar surface area (TPSA) is 35.2 Å². The van der Waals surface area contributed by atoms with Crippen LogP contribution in [0, 0.1) is 0 Å². The van der Waals surface area contributed by atoms with Crippen molar-refractivity contribution < 1.29 is 4.74 Å². The Kier molecular flexibility index (Phi) is 6.05. The predicted molar refractivity (Wildman–Crippen MR) is 63.7 cm³/mol. The Bertz CT molecular complexity index is 211. The largest absolute Gasteiger partial charge is 0.380 e. The molecule has 2 heteroatoms. The summed E-state index contributed by atoms with van der Waals surface area (Å²) in [6.45, 7) is 0. The number of methoxy groups -OCH3 is 1. The fraction of sp³-hybridized carbons (Fsp3) is 0.538. The van der Waals surface area contributed by atoms with E-state index in [1.165, 1.54) is 12.8 Å². The second-order valence-corrected chi connectivity index (χ2v) is 3.88. The Morgan fingerprint density at radius 1 is 0.933 bits per heavy atom. The minimum absolute atomic E-state index is 0.295. The lowest BCUT2D eigenvalue weighted by molar-refractivity contribution is 0.0545. The minimum atomic E-state index is 0.295. The number of benzene rings is 1. The molecule has 2 N–H and O–H groups in total. The van der Waals surface area contributed by atoms with Crippen LogP contribution in [-0.2, 0) is 4.74 Å². The minimum Gasteiger partial charge on any atom is -0.380 e. The third kappa shape index (κ3) is 4.96. The molecule has 2 rings (SSSR count). The third-order valence-corrected chi connectivity index (χ3v) is 2.72. The summed E-state index contributed by atoms with van der Waals surface area (Å²) in [5.41, 5.74) is 5.76. The van der Waals surface area contributed by atoms with Crippen molar-refractivity contribution in [3.63, 3.8) is 0 Å². The van der Waals surface area contributed by atoms with Crippen molar-refractivity contribution in [1.29, 1.82) is 0 Å². The van der Waals surface area contributed by atoms with Gasteiger partial charge >= 0.3 is 0 Å². The number of hydrogen-bond donors (Lipinski definition) is 1. The number of hydrogen-bond acceptors (Lipinski definition) is 2. The molecule has 0 spiro atoms. The summed E-state index contributed by atoms with van der Waals surface area (Å²) in [6.07, 6.45) is 5.18. The molecule has 0 aromatic heterocycles. The van der Waals surface area contributed by atoms with Crippen LogP contribution in [0.4, 0.5) is 0 Å². The van der Waals surface area contributed by atoms with E-state index < -0.39 is 0 Å². The summed E-state index contributed by atoms with van der Waals surface area (Å²) in [4.78, 5) is 0. The van der Waals surface area contributed by atoms with Gasteiger partial charge in [0.25, 0.3) is 0 Å². The predicted octanol–water partition coefficient (Wildman–Crippen LogP) is 2.59. The first-order valence-corrected chi connectivity index (χ1v) is 5.63. The van der Waals surface area contributed by atoms with Crippen molar-refractivity contribution in [1.82, 2.24) is 0 Å². The van der Waals surface area contributed by atoms with E-state index in [1.54, 1.807) is 7.11 Å². The molecular weight excluding hydrogens is 186 g/mol. The van der Waals surface area contributed by atoms with Crippen LogP contribution in [0.25, 0.3) is 0 Å². The van der Waals surface area contributed by atoms with Gasteiger partial charge in [-0.05, 0) is 12.8 Å². The lowest BCUT2D eigenvalue weighted by atomic mass is 9.93. The van der Waals surface area contributed by atoms with Crippen LogP contribution in [0.2, 0.25) is 0 Å². The molecule has 2 unspecified atom stereocenters.